The van der Waals surface area contributed by atoms with Crippen LogP contribution >= 0.6 is 0 Å². The van der Waals surface area contributed by atoms with Gasteiger partial charge in [0.25, 0.3) is 0 Å². The molecule has 1 saturated carbocycles. The summed E-state index contributed by atoms with van der Waals surface area (Å²) < 4.78 is 11.1. The van der Waals surface area contributed by atoms with Crippen molar-refractivity contribution in [3.8, 4) is 16.9 Å². The van der Waals surface area contributed by atoms with Crippen molar-refractivity contribution in [3.63, 3.8) is 0 Å². The van der Waals surface area contributed by atoms with Crippen LogP contribution in [0.1, 0.15) is 46.1 Å². The molecule has 5 nitrogen and oxygen atoms in total. The molecule has 1 aromatic carbocycles. The minimum atomic E-state index is -0.404. The van der Waals surface area contributed by atoms with Crippen LogP contribution < -0.4 is 4.74 Å². The number of pyridine rings is 2. The minimum Gasteiger partial charge on any atom is -0.494 e. The van der Waals surface area contributed by atoms with Crippen LogP contribution in [0.4, 0.5) is 0 Å². The van der Waals surface area contributed by atoms with Crippen molar-refractivity contribution in [3.05, 3.63) is 77.4 Å². The number of aryl methyl sites for hydroxylation is 1. The van der Waals surface area contributed by atoms with Gasteiger partial charge in [-0.05, 0) is 37.5 Å². The van der Waals surface area contributed by atoms with E-state index >= 15 is 0 Å². The Bertz CT molecular complexity index is 998. The van der Waals surface area contributed by atoms with Crippen molar-refractivity contribution in [2.45, 2.75) is 32.3 Å². The Kier molecular flexibility index (Phi) is 5.06. The van der Waals surface area contributed by atoms with Crippen molar-refractivity contribution in [2.24, 2.45) is 0 Å². The van der Waals surface area contributed by atoms with E-state index in [1.807, 2.05) is 49.4 Å². The van der Waals surface area contributed by atoms with Gasteiger partial charge in [0.15, 0.2) is 0 Å². The zero-order chi connectivity index (χ0) is 19.5. The molecule has 28 heavy (non-hydrogen) atoms. The summed E-state index contributed by atoms with van der Waals surface area (Å²) in [6.07, 6.45) is 5.62. The maximum absolute atomic E-state index is 12.8. The molecule has 0 N–H and O–H groups in total. The number of hydrogen-bond donors (Lipinski definition) is 0. The van der Waals surface area contributed by atoms with Gasteiger partial charge >= 0.3 is 5.97 Å². The first kappa shape index (κ1) is 18.2. The fourth-order valence-corrected chi connectivity index (χ4v) is 3.18. The average molecular weight is 374 g/mol. The summed E-state index contributed by atoms with van der Waals surface area (Å²) in [5.74, 6) is 0.728. The number of rotatable bonds is 6. The highest BCUT2D eigenvalue weighted by molar-refractivity contribution is 5.98. The number of ether oxygens (including phenoxy) is 2. The molecule has 2 heterocycles. The smallest absolute Gasteiger partial charge is 0.340 e. The Hall–Kier alpha value is -3.21. The second-order valence-electron chi connectivity index (χ2n) is 7.02. The average Bonchev–Trinajstić information content (AvgIpc) is 3.57. The fourth-order valence-electron chi connectivity index (χ4n) is 3.18. The summed E-state index contributed by atoms with van der Waals surface area (Å²) in [5, 5.41) is 0. The van der Waals surface area contributed by atoms with Gasteiger partial charge in [0.1, 0.15) is 12.4 Å². The second-order valence-corrected chi connectivity index (χ2v) is 7.02. The molecule has 142 valence electrons. The van der Waals surface area contributed by atoms with Crippen LogP contribution in [0.5, 0.6) is 5.75 Å². The van der Waals surface area contributed by atoms with Gasteiger partial charge in [-0.1, -0.05) is 30.3 Å². The highest BCUT2D eigenvalue weighted by Crippen LogP contribution is 2.42. The van der Waals surface area contributed by atoms with Crippen LogP contribution in [0, 0.1) is 6.92 Å². The molecular formula is C23H22N2O3. The van der Waals surface area contributed by atoms with Crippen LogP contribution in [0.15, 0.2) is 54.9 Å². The van der Waals surface area contributed by atoms with Gasteiger partial charge in [-0.2, -0.15) is 0 Å². The van der Waals surface area contributed by atoms with E-state index in [4.69, 9.17) is 9.47 Å². The van der Waals surface area contributed by atoms with Crippen LogP contribution in [0.3, 0.4) is 0 Å². The normalized spacial score (nSPS) is 13.2. The first-order valence-electron chi connectivity index (χ1n) is 9.37. The summed E-state index contributed by atoms with van der Waals surface area (Å²) >= 11 is 0. The second kappa shape index (κ2) is 7.80. The molecular weight excluding hydrogens is 352 g/mol. The van der Waals surface area contributed by atoms with Gasteiger partial charge in [0.05, 0.1) is 18.9 Å². The van der Waals surface area contributed by atoms with E-state index in [2.05, 4.69) is 9.97 Å². The predicted molar refractivity (Wildman–Crippen MR) is 106 cm³/mol. The van der Waals surface area contributed by atoms with Gasteiger partial charge in [-0.15, -0.1) is 0 Å². The van der Waals surface area contributed by atoms with E-state index in [1.165, 1.54) is 0 Å². The van der Waals surface area contributed by atoms with Crippen molar-refractivity contribution in [1.82, 2.24) is 9.97 Å². The van der Waals surface area contributed by atoms with E-state index in [1.54, 1.807) is 19.5 Å². The minimum absolute atomic E-state index is 0.216. The van der Waals surface area contributed by atoms with Gasteiger partial charge in [-0.3, -0.25) is 9.97 Å². The van der Waals surface area contributed by atoms with E-state index in [-0.39, 0.29) is 6.61 Å². The number of nitrogens with zero attached hydrogens (tertiary/aromatic N) is 2. The first-order chi connectivity index (χ1) is 13.7. The van der Waals surface area contributed by atoms with E-state index in [0.717, 1.165) is 40.9 Å². The van der Waals surface area contributed by atoms with Crippen LogP contribution in [0.25, 0.3) is 11.1 Å². The lowest BCUT2D eigenvalue weighted by Crippen LogP contribution is -2.09. The quantitative estimate of drug-likeness (QED) is 0.586. The lowest BCUT2D eigenvalue weighted by Gasteiger charge is -2.14. The molecule has 4 rings (SSSR count). The number of carbonyl (C=O) groups is 1. The lowest BCUT2D eigenvalue weighted by atomic mass is 9.99. The number of benzene rings is 1. The molecule has 2 aromatic heterocycles. The highest BCUT2D eigenvalue weighted by Gasteiger charge is 2.27. The summed E-state index contributed by atoms with van der Waals surface area (Å²) in [6.45, 7) is 2.12. The SMILES string of the molecule is COc1cnc(C2CC2)cc1-c1cc(C)ncc1C(=O)OCc1ccccc1. The van der Waals surface area contributed by atoms with E-state index in [9.17, 15) is 4.79 Å². The first-order valence-corrected chi connectivity index (χ1v) is 9.37. The van der Waals surface area contributed by atoms with Gasteiger partial charge in [-0.25, -0.2) is 4.79 Å². The van der Waals surface area contributed by atoms with Crippen LogP contribution in [-0.4, -0.2) is 23.0 Å². The summed E-state index contributed by atoms with van der Waals surface area (Å²) in [7, 11) is 1.61. The maximum atomic E-state index is 12.8. The Morgan fingerprint density at radius 3 is 2.57 bits per heavy atom. The van der Waals surface area contributed by atoms with Crippen molar-refractivity contribution >= 4 is 5.97 Å². The molecule has 0 unspecified atom stereocenters. The van der Waals surface area contributed by atoms with Crippen molar-refractivity contribution in [2.75, 3.05) is 7.11 Å². The Morgan fingerprint density at radius 1 is 1.07 bits per heavy atom. The predicted octanol–water partition coefficient (Wildman–Crippen LogP) is 4.70. The molecule has 1 aliphatic carbocycles. The third-order valence-corrected chi connectivity index (χ3v) is 4.87. The third kappa shape index (κ3) is 3.88. The Balaban J connectivity index is 1.69. The number of esters is 1. The van der Waals surface area contributed by atoms with Gasteiger partial charge in [0.2, 0.25) is 0 Å². The molecule has 5 heteroatoms. The number of methoxy groups -OCH3 is 1. The van der Waals surface area contributed by atoms with Gasteiger partial charge in [0, 0.05) is 34.6 Å². The van der Waals surface area contributed by atoms with E-state index < -0.39 is 5.97 Å². The number of carbonyl (C=O) groups excluding carboxylic acids is 1. The highest BCUT2D eigenvalue weighted by atomic mass is 16.5. The molecule has 0 spiro atoms. The Morgan fingerprint density at radius 2 is 1.86 bits per heavy atom. The number of aromatic nitrogens is 2. The van der Waals surface area contributed by atoms with E-state index in [0.29, 0.717) is 17.2 Å². The maximum Gasteiger partial charge on any atom is 0.340 e. The number of hydrogen-bond acceptors (Lipinski definition) is 5. The lowest BCUT2D eigenvalue weighted by molar-refractivity contribution is 0.0473. The molecule has 0 atom stereocenters. The molecule has 0 radical (unpaired) electrons. The standard InChI is InChI=1S/C23H22N2O3/c1-15-10-18(19-11-21(17-8-9-17)25-13-22(19)27-2)20(12-24-15)23(26)28-14-16-6-4-3-5-7-16/h3-7,10-13,17H,8-9,14H2,1-2H3. The summed E-state index contributed by atoms with van der Waals surface area (Å²) in [4.78, 5) is 21.7. The van der Waals surface area contributed by atoms with Crippen molar-refractivity contribution in [1.29, 1.82) is 0 Å². The largest absolute Gasteiger partial charge is 0.494 e. The van der Waals surface area contributed by atoms with Crippen molar-refractivity contribution < 1.29 is 14.3 Å². The Labute approximate surface area is 164 Å². The van der Waals surface area contributed by atoms with Crippen LogP contribution in [-0.2, 0) is 11.3 Å². The van der Waals surface area contributed by atoms with Gasteiger partial charge < -0.3 is 9.47 Å². The zero-order valence-corrected chi connectivity index (χ0v) is 16.0. The molecule has 1 fully saturated rings. The molecule has 0 aliphatic heterocycles. The molecule has 0 amide bonds. The molecule has 3 aromatic rings. The third-order valence-electron chi connectivity index (χ3n) is 4.87. The fraction of sp³-hybridized carbons (Fsp3) is 0.261. The molecule has 1 aliphatic rings. The zero-order valence-electron chi connectivity index (χ0n) is 16.0. The molecule has 0 saturated heterocycles. The molecule has 0 bridgehead atoms. The van der Waals surface area contributed by atoms with Crippen LogP contribution in [0.2, 0.25) is 0 Å². The monoisotopic (exact) mass is 374 g/mol. The summed E-state index contributed by atoms with van der Waals surface area (Å²) in [6, 6.07) is 13.5. The topological polar surface area (TPSA) is 61.3 Å². The summed E-state index contributed by atoms with van der Waals surface area (Å²) in [5.41, 5.74) is 4.82.